The maximum Gasteiger partial charge on any atom is 0.252 e. The van der Waals surface area contributed by atoms with E-state index in [1.807, 2.05) is 36.4 Å². The molecule has 0 saturated carbocycles. The minimum atomic E-state index is -0.0482. The number of carbonyl (C=O) groups is 1. The Hall–Kier alpha value is -1.85. The Morgan fingerprint density at radius 2 is 1.81 bits per heavy atom. The fourth-order valence-electron chi connectivity index (χ4n) is 3.44. The lowest BCUT2D eigenvalue weighted by molar-refractivity contribution is 0.0923. The Kier molecular flexibility index (Phi) is 6.69. The number of nitrogens with zero attached hydrogens (tertiary/aromatic N) is 1. The van der Waals surface area contributed by atoms with Crippen molar-refractivity contribution in [2.45, 2.75) is 25.3 Å². The number of piperidine rings is 1. The van der Waals surface area contributed by atoms with Crippen molar-refractivity contribution >= 4 is 21.8 Å². The summed E-state index contributed by atoms with van der Waals surface area (Å²) < 4.78 is 6.09. The number of benzene rings is 2. The third-order valence-corrected chi connectivity index (χ3v) is 5.60. The highest BCUT2D eigenvalue weighted by molar-refractivity contribution is 9.10. The minimum absolute atomic E-state index is 0.0482. The van der Waals surface area contributed by atoms with Crippen molar-refractivity contribution in [3.63, 3.8) is 0 Å². The summed E-state index contributed by atoms with van der Waals surface area (Å²) in [5, 5.41) is 3.12. The molecule has 1 heterocycles. The Bertz CT molecular complexity index is 727. The quantitative estimate of drug-likeness (QED) is 0.757. The summed E-state index contributed by atoms with van der Waals surface area (Å²) in [6, 6.07) is 15.9. The van der Waals surface area contributed by atoms with Crippen molar-refractivity contribution in [2.75, 3.05) is 26.7 Å². The Balaban J connectivity index is 1.74. The first-order valence-corrected chi connectivity index (χ1v) is 9.89. The van der Waals surface area contributed by atoms with Crippen LogP contribution < -0.4 is 10.1 Å². The van der Waals surface area contributed by atoms with Crippen molar-refractivity contribution in [3.8, 4) is 5.75 Å². The molecular formula is C21H25BrN2O2. The first-order chi connectivity index (χ1) is 12.7. The van der Waals surface area contributed by atoms with Crippen molar-refractivity contribution in [1.82, 2.24) is 10.2 Å². The van der Waals surface area contributed by atoms with E-state index < -0.39 is 0 Å². The van der Waals surface area contributed by atoms with Crippen LogP contribution in [0.3, 0.4) is 0 Å². The molecule has 138 valence electrons. The van der Waals surface area contributed by atoms with Gasteiger partial charge in [0.1, 0.15) is 5.75 Å². The second-order valence-electron chi connectivity index (χ2n) is 6.58. The average Bonchev–Trinajstić information content (AvgIpc) is 2.69. The molecule has 1 N–H and O–H groups in total. The van der Waals surface area contributed by atoms with Gasteiger partial charge in [0.25, 0.3) is 5.91 Å². The monoisotopic (exact) mass is 416 g/mol. The molecule has 0 unspecified atom stereocenters. The van der Waals surface area contributed by atoms with Gasteiger partial charge < -0.3 is 10.1 Å². The van der Waals surface area contributed by atoms with Crippen LogP contribution in [0.1, 0.15) is 41.2 Å². The van der Waals surface area contributed by atoms with Gasteiger partial charge in [-0.3, -0.25) is 9.69 Å². The number of carbonyl (C=O) groups excluding carboxylic acids is 1. The fraction of sp³-hybridized carbons (Fsp3) is 0.381. The highest BCUT2D eigenvalue weighted by Crippen LogP contribution is 2.26. The van der Waals surface area contributed by atoms with Crippen LogP contribution in [0.15, 0.2) is 53.0 Å². The topological polar surface area (TPSA) is 41.6 Å². The Morgan fingerprint density at radius 3 is 2.46 bits per heavy atom. The fourth-order valence-corrected chi connectivity index (χ4v) is 3.91. The number of methoxy groups -OCH3 is 1. The van der Waals surface area contributed by atoms with Gasteiger partial charge in [-0.1, -0.05) is 30.7 Å². The minimum Gasteiger partial charge on any atom is -0.497 e. The predicted octanol–water partition coefficient (Wildman–Crippen LogP) is 4.41. The lowest BCUT2D eigenvalue weighted by Gasteiger charge is -2.35. The highest BCUT2D eigenvalue weighted by atomic mass is 79.9. The molecule has 0 aromatic heterocycles. The van der Waals surface area contributed by atoms with E-state index in [1.54, 1.807) is 7.11 Å². The Morgan fingerprint density at radius 1 is 1.12 bits per heavy atom. The van der Waals surface area contributed by atoms with Gasteiger partial charge in [0.15, 0.2) is 0 Å². The molecule has 1 fully saturated rings. The van der Waals surface area contributed by atoms with Crippen LogP contribution in [-0.2, 0) is 0 Å². The van der Waals surface area contributed by atoms with Gasteiger partial charge in [-0.2, -0.15) is 0 Å². The molecule has 3 rings (SSSR count). The van der Waals surface area contributed by atoms with Gasteiger partial charge in [-0.05, 0) is 71.7 Å². The molecule has 1 atom stereocenters. The smallest absolute Gasteiger partial charge is 0.252 e. The number of rotatable bonds is 6. The van der Waals surface area contributed by atoms with Gasteiger partial charge in [0, 0.05) is 11.0 Å². The molecule has 26 heavy (non-hydrogen) atoms. The first-order valence-electron chi connectivity index (χ1n) is 9.10. The summed E-state index contributed by atoms with van der Waals surface area (Å²) in [5.41, 5.74) is 1.87. The molecule has 5 heteroatoms. The van der Waals surface area contributed by atoms with Crippen LogP contribution in [0.2, 0.25) is 0 Å². The van der Waals surface area contributed by atoms with Crippen molar-refractivity contribution in [1.29, 1.82) is 0 Å². The molecule has 4 nitrogen and oxygen atoms in total. The number of hydrogen-bond acceptors (Lipinski definition) is 3. The van der Waals surface area contributed by atoms with E-state index in [9.17, 15) is 4.79 Å². The summed E-state index contributed by atoms with van der Waals surface area (Å²) in [5.74, 6) is 0.802. The second-order valence-corrected chi connectivity index (χ2v) is 7.43. The van der Waals surface area contributed by atoms with Crippen LogP contribution in [0.25, 0.3) is 0 Å². The van der Waals surface area contributed by atoms with Crippen molar-refractivity contribution < 1.29 is 9.53 Å². The lowest BCUT2D eigenvalue weighted by Crippen LogP contribution is -2.40. The van der Waals surface area contributed by atoms with Crippen LogP contribution >= 0.6 is 15.9 Å². The predicted molar refractivity (Wildman–Crippen MR) is 108 cm³/mol. The van der Waals surface area contributed by atoms with Gasteiger partial charge in [0.2, 0.25) is 0 Å². The van der Waals surface area contributed by atoms with Gasteiger partial charge >= 0.3 is 0 Å². The molecule has 2 aromatic rings. The molecule has 2 aromatic carbocycles. The molecule has 0 bridgehead atoms. The van der Waals surface area contributed by atoms with E-state index in [0.29, 0.717) is 12.1 Å². The number of nitrogens with one attached hydrogen (secondary N) is 1. The largest absolute Gasteiger partial charge is 0.497 e. The molecule has 0 radical (unpaired) electrons. The third-order valence-electron chi connectivity index (χ3n) is 4.91. The molecule has 0 aliphatic carbocycles. The van der Waals surface area contributed by atoms with Crippen LogP contribution in [0, 0.1) is 0 Å². The molecule has 0 spiro atoms. The van der Waals surface area contributed by atoms with Crippen molar-refractivity contribution in [2.24, 2.45) is 0 Å². The van der Waals surface area contributed by atoms with Gasteiger partial charge in [-0.15, -0.1) is 0 Å². The lowest BCUT2D eigenvalue weighted by atomic mass is 10.0. The SMILES string of the molecule is COc1ccc([C@@H](CNC(=O)c2ccccc2Br)N2CCCCC2)cc1. The van der Waals surface area contributed by atoms with E-state index in [-0.39, 0.29) is 11.9 Å². The average molecular weight is 417 g/mol. The van der Waals surface area contributed by atoms with Crippen LogP contribution in [-0.4, -0.2) is 37.6 Å². The zero-order valence-electron chi connectivity index (χ0n) is 15.1. The second kappa shape index (κ2) is 9.19. The van der Waals surface area contributed by atoms with Gasteiger partial charge in [-0.25, -0.2) is 0 Å². The standard InChI is InChI=1S/C21H25BrN2O2/c1-26-17-11-9-16(10-12-17)20(24-13-5-2-6-14-24)15-23-21(25)18-7-3-4-8-19(18)22/h3-4,7-12,20H,2,5-6,13-15H2,1H3,(H,23,25)/t20-/m1/s1. The Labute approximate surface area is 163 Å². The summed E-state index contributed by atoms with van der Waals surface area (Å²) in [6.07, 6.45) is 3.71. The number of hydrogen-bond donors (Lipinski definition) is 1. The zero-order chi connectivity index (χ0) is 18.4. The molecule has 1 aliphatic heterocycles. The van der Waals surface area contributed by atoms with E-state index in [1.165, 1.54) is 24.8 Å². The van der Waals surface area contributed by atoms with E-state index in [0.717, 1.165) is 23.3 Å². The van der Waals surface area contributed by atoms with E-state index in [2.05, 4.69) is 38.3 Å². The van der Waals surface area contributed by atoms with E-state index in [4.69, 9.17) is 4.74 Å². The first kappa shape index (κ1) is 18.9. The normalized spacial score (nSPS) is 16.1. The van der Waals surface area contributed by atoms with Crippen LogP contribution in [0.4, 0.5) is 0 Å². The number of halogens is 1. The summed E-state index contributed by atoms with van der Waals surface area (Å²) >= 11 is 3.46. The number of ether oxygens (including phenoxy) is 1. The van der Waals surface area contributed by atoms with Crippen LogP contribution in [0.5, 0.6) is 5.75 Å². The summed E-state index contributed by atoms with van der Waals surface area (Å²) in [4.78, 5) is 15.1. The molecule has 1 aliphatic rings. The van der Waals surface area contributed by atoms with Gasteiger partial charge in [0.05, 0.1) is 18.7 Å². The maximum atomic E-state index is 12.6. The highest BCUT2D eigenvalue weighted by Gasteiger charge is 2.23. The number of amides is 1. The van der Waals surface area contributed by atoms with E-state index >= 15 is 0 Å². The zero-order valence-corrected chi connectivity index (χ0v) is 16.7. The summed E-state index contributed by atoms with van der Waals surface area (Å²) in [6.45, 7) is 2.73. The maximum absolute atomic E-state index is 12.6. The molecule has 1 amide bonds. The third kappa shape index (κ3) is 4.65. The number of likely N-dealkylation sites (tertiary alicyclic amines) is 1. The van der Waals surface area contributed by atoms with Crippen molar-refractivity contribution in [3.05, 3.63) is 64.1 Å². The molecular weight excluding hydrogens is 392 g/mol. The summed E-state index contributed by atoms with van der Waals surface area (Å²) in [7, 11) is 1.68. The molecule has 1 saturated heterocycles.